The number of allylic oxidation sites excluding steroid dienone is 1. The highest BCUT2D eigenvalue weighted by Crippen LogP contribution is 2.13. The van der Waals surface area contributed by atoms with Crippen LogP contribution in [0.15, 0.2) is 36.2 Å². The van der Waals surface area contributed by atoms with Gasteiger partial charge >= 0.3 is 0 Å². The number of Topliss-reactive ketones (excluding diaryl/α,β-unsaturated/α-hetero) is 1. The molecule has 1 N–H and O–H groups in total. The molecule has 0 aliphatic rings. The minimum absolute atomic E-state index is 0.0421. The van der Waals surface area contributed by atoms with E-state index in [4.69, 9.17) is 0 Å². The summed E-state index contributed by atoms with van der Waals surface area (Å²) in [6.45, 7) is 3.06. The maximum atomic E-state index is 11.1. The van der Waals surface area contributed by atoms with Crippen molar-refractivity contribution >= 4 is 11.5 Å². The molecule has 0 bridgehead atoms. The van der Waals surface area contributed by atoms with Crippen molar-refractivity contribution in [2.45, 2.75) is 13.8 Å². The van der Waals surface area contributed by atoms with Gasteiger partial charge in [0.15, 0.2) is 5.78 Å². The summed E-state index contributed by atoms with van der Waals surface area (Å²) in [5.74, 6) is -0.0421. The first-order valence-electron chi connectivity index (χ1n) is 4.69. The van der Waals surface area contributed by atoms with Gasteiger partial charge in [-0.1, -0.05) is 12.1 Å². The summed E-state index contributed by atoms with van der Waals surface area (Å²) in [6, 6.07) is 6.81. The number of hydrogen-bond donors (Lipinski definition) is 1. The Kier molecular flexibility index (Phi) is 3.77. The molecule has 0 atom stereocenters. The van der Waals surface area contributed by atoms with Crippen LogP contribution in [0.2, 0.25) is 0 Å². The fourth-order valence-electron chi connectivity index (χ4n) is 1.23. The Labute approximate surface area is 92.9 Å². The fraction of sp³-hybridized carbons (Fsp3) is 0.182. The first-order chi connectivity index (χ1) is 7.49. The van der Waals surface area contributed by atoms with Crippen molar-refractivity contribution in [2.24, 2.45) is 0 Å². The molecule has 16 heavy (non-hydrogen) atoms. The Morgan fingerprint density at radius 2 is 2.12 bits per heavy atom. The highest BCUT2D eigenvalue weighted by atomic mass is 16.6. The lowest BCUT2D eigenvalue weighted by Gasteiger charge is -2.05. The number of hydrogen-bond acceptors (Lipinski definition) is 4. The van der Waals surface area contributed by atoms with Gasteiger partial charge in [-0.05, 0) is 26.0 Å². The molecule has 0 aliphatic heterocycles. The average molecular weight is 220 g/mol. The molecule has 0 unspecified atom stereocenters. The summed E-state index contributed by atoms with van der Waals surface area (Å²) in [7, 11) is 0. The van der Waals surface area contributed by atoms with Crippen LogP contribution in [0.3, 0.4) is 0 Å². The van der Waals surface area contributed by atoms with E-state index in [2.05, 4.69) is 5.32 Å². The third-order valence-electron chi connectivity index (χ3n) is 1.91. The zero-order valence-corrected chi connectivity index (χ0v) is 9.06. The number of carbonyl (C=O) groups excluding carboxylic acids is 1. The molecule has 0 aliphatic carbocycles. The van der Waals surface area contributed by atoms with Crippen molar-refractivity contribution in [3.8, 4) is 0 Å². The second-order valence-corrected chi connectivity index (χ2v) is 3.36. The zero-order chi connectivity index (χ0) is 12.1. The summed E-state index contributed by atoms with van der Waals surface area (Å²) in [6.07, 6.45) is 0.875. The van der Waals surface area contributed by atoms with Gasteiger partial charge in [-0.2, -0.15) is 0 Å². The van der Waals surface area contributed by atoms with Crippen LogP contribution in [0.25, 0.3) is 0 Å². The number of benzene rings is 1. The Balaban J connectivity index is 2.86. The van der Waals surface area contributed by atoms with E-state index in [1.54, 1.807) is 31.2 Å². The molecule has 0 aromatic heterocycles. The number of carbonyl (C=O) groups is 1. The number of rotatable bonds is 4. The molecular formula is C11H12N2O3. The van der Waals surface area contributed by atoms with Crippen LogP contribution in [0.1, 0.15) is 24.2 Å². The van der Waals surface area contributed by atoms with Gasteiger partial charge in [-0.25, -0.2) is 0 Å². The number of nitrogens with zero attached hydrogens (tertiary/aromatic N) is 1. The van der Waals surface area contributed by atoms with E-state index < -0.39 is 4.92 Å². The van der Waals surface area contributed by atoms with Crippen LogP contribution < -0.4 is 5.32 Å². The minimum Gasteiger partial charge on any atom is -0.354 e. The molecule has 84 valence electrons. The maximum Gasteiger partial charge on any atom is 0.253 e. The van der Waals surface area contributed by atoms with Crippen molar-refractivity contribution < 1.29 is 9.72 Å². The van der Waals surface area contributed by atoms with Crippen LogP contribution in [-0.4, -0.2) is 10.7 Å². The smallest absolute Gasteiger partial charge is 0.253 e. The molecule has 1 aromatic rings. The van der Waals surface area contributed by atoms with E-state index in [9.17, 15) is 14.9 Å². The second-order valence-electron chi connectivity index (χ2n) is 3.36. The number of nitro groups is 1. The molecule has 0 saturated carbocycles. The summed E-state index contributed by atoms with van der Waals surface area (Å²) in [4.78, 5) is 20.8. The van der Waals surface area contributed by atoms with Gasteiger partial charge in [0.2, 0.25) is 0 Å². The highest BCUT2D eigenvalue weighted by molar-refractivity contribution is 5.94. The number of ketones is 1. The van der Waals surface area contributed by atoms with Crippen molar-refractivity contribution in [2.75, 3.05) is 5.32 Å². The molecule has 0 saturated heterocycles. The standard InChI is InChI=1S/C11H12N2O3/c1-8(7-13(15)16)12-11-5-3-4-10(6-11)9(2)14/h3-7,12H,1-2H3/b8-7+. The summed E-state index contributed by atoms with van der Waals surface area (Å²) < 4.78 is 0. The molecule has 0 fully saturated rings. The van der Waals surface area contributed by atoms with E-state index in [0.29, 0.717) is 16.9 Å². The van der Waals surface area contributed by atoms with Crippen molar-refractivity contribution in [1.29, 1.82) is 0 Å². The molecule has 0 radical (unpaired) electrons. The van der Waals surface area contributed by atoms with E-state index >= 15 is 0 Å². The van der Waals surface area contributed by atoms with Gasteiger partial charge in [-0.3, -0.25) is 14.9 Å². The Hall–Kier alpha value is -2.17. The third kappa shape index (κ3) is 3.53. The molecule has 0 heterocycles. The second kappa shape index (κ2) is 5.06. The van der Waals surface area contributed by atoms with Gasteiger partial charge in [0.1, 0.15) is 0 Å². The monoisotopic (exact) mass is 220 g/mol. The summed E-state index contributed by atoms with van der Waals surface area (Å²) in [5, 5.41) is 13.0. The van der Waals surface area contributed by atoms with E-state index in [-0.39, 0.29) is 5.78 Å². The number of anilines is 1. The normalized spacial score (nSPS) is 11.0. The SMILES string of the molecule is CC(=O)c1cccc(N/C(C)=C/[N+](=O)[O-])c1. The van der Waals surface area contributed by atoms with Gasteiger partial charge in [0, 0.05) is 11.3 Å². The van der Waals surface area contributed by atoms with Crippen molar-refractivity contribution in [3.05, 3.63) is 51.8 Å². The molecule has 0 spiro atoms. The van der Waals surface area contributed by atoms with Gasteiger partial charge in [0.05, 0.1) is 10.6 Å². The summed E-state index contributed by atoms with van der Waals surface area (Å²) >= 11 is 0. The maximum absolute atomic E-state index is 11.1. The lowest BCUT2D eigenvalue weighted by Crippen LogP contribution is -2.00. The van der Waals surface area contributed by atoms with Crippen LogP contribution in [0.4, 0.5) is 5.69 Å². The van der Waals surface area contributed by atoms with Gasteiger partial charge in [0.25, 0.3) is 6.20 Å². The molecule has 1 rings (SSSR count). The molecule has 0 amide bonds. The number of nitrogens with one attached hydrogen (secondary N) is 1. The quantitative estimate of drug-likeness (QED) is 0.480. The first kappa shape index (κ1) is 11.9. The van der Waals surface area contributed by atoms with Crippen LogP contribution >= 0.6 is 0 Å². The third-order valence-corrected chi connectivity index (χ3v) is 1.91. The van der Waals surface area contributed by atoms with E-state index in [0.717, 1.165) is 6.20 Å². The van der Waals surface area contributed by atoms with Gasteiger partial charge in [-0.15, -0.1) is 0 Å². The largest absolute Gasteiger partial charge is 0.354 e. The Morgan fingerprint density at radius 3 is 2.69 bits per heavy atom. The van der Waals surface area contributed by atoms with Crippen molar-refractivity contribution in [1.82, 2.24) is 0 Å². The minimum atomic E-state index is -0.531. The Morgan fingerprint density at radius 1 is 1.44 bits per heavy atom. The van der Waals surface area contributed by atoms with E-state index in [1.165, 1.54) is 6.92 Å². The predicted octanol–water partition coefficient (Wildman–Crippen LogP) is 2.44. The molecular weight excluding hydrogens is 208 g/mol. The lowest BCUT2D eigenvalue weighted by molar-refractivity contribution is -0.403. The predicted molar refractivity (Wildman–Crippen MR) is 60.8 cm³/mol. The zero-order valence-electron chi connectivity index (χ0n) is 9.06. The van der Waals surface area contributed by atoms with E-state index in [1.807, 2.05) is 0 Å². The molecule has 1 aromatic carbocycles. The lowest BCUT2D eigenvalue weighted by atomic mass is 10.1. The highest BCUT2D eigenvalue weighted by Gasteiger charge is 2.01. The van der Waals surface area contributed by atoms with Crippen LogP contribution in [0, 0.1) is 10.1 Å². The van der Waals surface area contributed by atoms with Crippen molar-refractivity contribution in [3.63, 3.8) is 0 Å². The fourth-order valence-corrected chi connectivity index (χ4v) is 1.23. The average Bonchev–Trinajstić information content (AvgIpc) is 2.16. The first-order valence-corrected chi connectivity index (χ1v) is 4.69. The summed E-state index contributed by atoms with van der Waals surface area (Å²) in [5.41, 5.74) is 1.63. The van der Waals surface area contributed by atoms with Crippen LogP contribution in [-0.2, 0) is 0 Å². The van der Waals surface area contributed by atoms with Crippen LogP contribution in [0.5, 0.6) is 0 Å². The topological polar surface area (TPSA) is 72.2 Å². The van der Waals surface area contributed by atoms with Gasteiger partial charge < -0.3 is 5.32 Å². The molecule has 5 heteroatoms. The Bertz CT molecular complexity index is 452. The molecule has 5 nitrogen and oxygen atoms in total.